The summed E-state index contributed by atoms with van der Waals surface area (Å²) in [6.07, 6.45) is 5.59. The summed E-state index contributed by atoms with van der Waals surface area (Å²) in [5.41, 5.74) is 1.90. The molecule has 3 fully saturated rings. The third-order valence-electron chi connectivity index (χ3n) is 6.38. The van der Waals surface area contributed by atoms with E-state index in [2.05, 4.69) is 17.5 Å². The van der Waals surface area contributed by atoms with Gasteiger partial charge in [-0.2, -0.15) is 0 Å². The number of likely N-dealkylation sites (tertiary alicyclic amines) is 1. The van der Waals surface area contributed by atoms with E-state index in [1.54, 1.807) is 0 Å². The minimum Gasteiger partial charge on any atom is -0.367 e. The van der Waals surface area contributed by atoms with E-state index in [9.17, 15) is 9.59 Å². The Morgan fingerprint density at radius 3 is 2.38 bits per heavy atom. The van der Waals surface area contributed by atoms with Gasteiger partial charge in [0.2, 0.25) is 11.8 Å². The van der Waals surface area contributed by atoms with Crippen molar-refractivity contribution in [3.8, 4) is 0 Å². The van der Waals surface area contributed by atoms with Gasteiger partial charge >= 0.3 is 0 Å². The van der Waals surface area contributed by atoms with Crippen LogP contribution in [-0.2, 0) is 9.59 Å². The molecule has 4 nitrogen and oxygen atoms in total. The number of carbonyl (C=O) groups excluding carboxylic acids is 2. The molecule has 1 N–H and O–H groups in total. The second-order valence-corrected chi connectivity index (χ2v) is 7.99. The van der Waals surface area contributed by atoms with Gasteiger partial charge in [-0.15, -0.1) is 0 Å². The summed E-state index contributed by atoms with van der Waals surface area (Å²) in [4.78, 5) is 27.2. The van der Waals surface area contributed by atoms with Gasteiger partial charge < -0.3 is 5.32 Å². The monoisotopic (exact) mass is 342 g/mol. The molecule has 4 aliphatic carbocycles. The molecule has 24 heavy (non-hydrogen) atoms. The van der Waals surface area contributed by atoms with E-state index in [0.29, 0.717) is 16.9 Å². The lowest BCUT2D eigenvalue weighted by Gasteiger charge is -2.37. The van der Waals surface area contributed by atoms with Crippen LogP contribution in [0.4, 0.5) is 5.69 Å². The number of imide groups is 1. The van der Waals surface area contributed by atoms with Crippen molar-refractivity contribution < 1.29 is 9.59 Å². The maximum Gasteiger partial charge on any atom is 0.235 e. The lowest BCUT2D eigenvalue weighted by atomic mass is 9.63. The molecule has 2 amide bonds. The third kappa shape index (κ3) is 1.86. The van der Waals surface area contributed by atoms with E-state index in [4.69, 9.17) is 11.6 Å². The number of halogens is 1. The summed E-state index contributed by atoms with van der Waals surface area (Å²) in [5.74, 6) is 1.58. The van der Waals surface area contributed by atoms with Crippen molar-refractivity contribution in [1.29, 1.82) is 0 Å². The fraction of sp³-hybridized carbons (Fsp3) is 0.474. The van der Waals surface area contributed by atoms with Crippen molar-refractivity contribution in [1.82, 2.24) is 4.90 Å². The number of amides is 2. The Hall–Kier alpha value is -1.81. The zero-order valence-electron chi connectivity index (χ0n) is 13.4. The van der Waals surface area contributed by atoms with E-state index < -0.39 is 0 Å². The van der Waals surface area contributed by atoms with Crippen LogP contribution in [0.15, 0.2) is 30.4 Å². The van der Waals surface area contributed by atoms with E-state index in [1.165, 1.54) is 11.3 Å². The fourth-order valence-corrected chi connectivity index (χ4v) is 5.30. The van der Waals surface area contributed by atoms with Gasteiger partial charge in [0.25, 0.3) is 0 Å². The normalized spacial score (nSPS) is 38.3. The van der Waals surface area contributed by atoms with Crippen LogP contribution >= 0.6 is 11.6 Å². The number of nitrogens with one attached hydrogen (secondary N) is 1. The zero-order valence-corrected chi connectivity index (χ0v) is 14.2. The number of benzene rings is 1. The Labute approximate surface area is 145 Å². The number of hydrogen-bond donors (Lipinski definition) is 1. The van der Waals surface area contributed by atoms with Crippen LogP contribution in [0.3, 0.4) is 0 Å². The molecule has 6 atom stereocenters. The van der Waals surface area contributed by atoms with Crippen molar-refractivity contribution in [3.05, 3.63) is 40.9 Å². The molecule has 0 unspecified atom stereocenters. The molecule has 5 heteroatoms. The van der Waals surface area contributed by atoms with Gasteiger partial charge in [0.1, 0.15) is 0 Å². The molecule has 0 aromatic heterocycles. The van der Waals surface area contributed by atoms with Gasteiger partial charge in [0.05, 0.1) is 18.5 Å². The summed E-state index contributed by atoms with van der Waals surface area (Å²) in [6.45, 7) is 2.20. The van der Waals surface area contributed by atoms with E-state index in [0.717, 1.165) is 11.3 Å². The highest BCUT2D eigenvalue weighted by Gasteiger charge is 2.66. The van der Waals surface area contributed by atoms with Crippen LogP contribution in [0.5, 0.6) is 0 Å². The molecule has 0 radical (unpaired) electrons. The highest BCUT2D eigenvalue weighted by Crippen LogP contribution is 2.65. The molecule has 124 valence electrons. The fourth-order valence-electron chi connectivity index (χ4n) is 5.12. The smallest absolute Gasteiger partial charge is 0.235 e. The van der Waals surface area contributed by atoms with Crippen LogP contribution in [0, 0.1) is 42.4 Å². The standard InChI is InChI=1S/C19H19ClN2O2/c1-9-2-3-10(20)6-15(9)21-8-22-18(23)16-11-4-5-12(14-7-13(11)14)17(16)19(22)24/h2-6,11-14,16-17,21H,7-8H2,1H3/t11-,12-,13+,14+,16+,17+/m1/s1. The van der Waals surface area contributed by atoms with Crippen molar-refractivity contribution in [3.63, 3.8) is 0 Å². The highest BCUT2D eigenvalue weighted by atomic mass is 35.5. The first-order valence-corrected chi connectivity index (χ1v) is 8.97. The van der Waals surface area contributed by atoms with Crippen LogP contribution in [0.2, 0.25) is 5.02 Å². The van der Waals surface area contributed by atoms with Gasteiger partial charge in [-0.25, -0.2) is 0 Å². The molecule has 1 aliphatic heterocycles. The number of rotatable bonds is 3. The lowest BCUT2D eigenvalue weighted by molar-refractivity contribution is -0.139. The van der Waals surface area contributed by atoms with Crippen molar-refractivity contribution in [2.75, 3.05) is 12.0 Å². The molecule has 1 aromatic carbocycles. The molecule has 1 aromatic rings. The molecule has 0 spiro atoms. The van der Waals surface area contributed by atoms with Crippen LogP contribution in [-0.4, -0.2) is 23.4 Å². The number of allylic oxidation sites excluding steroid dienone is 2. The van der Waals surface area contributed by atoms with Crippen LogP contribution in [0.25, 0.3) is 0 Å². The number of hydrogen-bond acceptors (Lipinski definition) is 3. The molecular weight excluding hydrogens is 324 g/mol. The molecule has 1 heterocycles. The molecule has 6 rings (SSSR count). The first-order chi connectivity index (χ1) is 11.6. The maximum absolute atomic E-state index is 12.9. The van der Waals surface area contributed by atoms with Gasteiger partial charge in [-0.3, -0.25) is 14.5 Å². The van der Waals surface area contributed by atoms with E-state index in [-0.39, 0.29) is 42.2 Å². The van der Waals surface area contributed by atoms with Crippen LogP contribution < -0.4 is 5.32 Å². The average Bonchev–Trinajstić information content (AvgIpc) is 3.35. The van der Waals surface area contributed by atoms with Gasteiger partial charge in [0, 0.05) is 10.7 Å². The summed E-state index contributed by atoms with van der Waals surface area (Å²) in [6, 6.07) is 5.59. The quantitative estimate of drug-likeness (QED) is 0.678. The summed E-state index contributed by atoms with van der Waals surface area (Å²) in [5, 5.41) is 3.86. The first-order valence-electron chi connectivity index (χ1n) is 8.60. The summed E-state index contributed by atoms with van der Waals surface area (Å²) >= 11 is 6.04. The Kier molecular flexibility index (Phi) is 2.94. The SMILES string of the molecule is Cc1ccc(Cl)cc1NCN1C(=O)[C@H]2[C@@H]3C=C[C@H]([C@@H]4C[C@@H]34)[C@@H]2C1=O. The topological polar surface area (TPSA) is 49.4 Å². The van der Waals surface area contributed by atoms with Gasteiger partial charge in [0.15, 0.2) is 0 Å². The second kappa shape index (κ2) is 4.85. The number of nitrogens with zero attached hydrogens (tertiary/aromatic N) is 1. The Bertz CT molecular complexity index is 754. The van der Waals surface area contributed by atoms with Crippen molar-refractivity contribution >= 4 is 29.1 Å². The zero-order chi connectivity index (χ0) is 16.6. The maximum atomic E-state index is 12.9. The minimum atomic E-state index is -0.126. The largest absolute Gasteiger partial charge is 0.367 e. The molecule has 2 saturated carbocycles. The molecule has 1 saturated heterocycles. The first kappa shape index (κ1) is 14.5. The lowest BCUT2D eigenvalue weighted by Crippen LogP contribution is -2.40. The van der Waals surface area contributed by atoms with E-state index in [1.807, 2.05) is 25.1 Å². The Morgan fingerprint density at radius 1 is 1.12 bits per heavy atom. The second-order valence-electron chi connectivity index (χ2n) is 7.55. The number of carbonyl (C=O) groups is 2. The predicted molar refractivity (Wildman–Crippen MR) is 91.2 cm³/mol. The van der Waals surface area contributed by atoms with Gasteiger partial charge in [-0.1, -0.05) is 29.8 Å². The van der Waals surface area contributed by atoms with Crippen LogP contribution in [0.1, 0.15) is 12.0 Å². The van der Waals surface area contributed by atoms with Crippen molar-refractivity contribution in [2.24, 2.45) is 35.5 Å². The predicted octanol–water partition coefficient (Wildman–Crippen LogP) is 3.07. The molecule has 5 aliphatic rings. The third-order valence-corrected chi connectivity index (χ3v) is 6.62. The number of anilines is 1. The van der Waals surface area contributed by atoms with Crippen molar-refractivity contribution in [2.45, 2.75) is 13.3 Å². The number of aryl methyl sites for hydroxylation is 1. The summed E-state index contributed by atoms with van der Waals surface area (Å²) in [7, 11) is 0. The van der Waals surface area contributed by atoms with Gasteiger partial charge in [-0.05, 0) is 54.7 Å². The molecule has 2 bridgehead atoms. The Morgan fingerprint density at radius 2 is 1.75 bits per heavy atom. The van der Waals surface area contributed by atoms with E-state index >= 15 is 0 Å². The summed E-state index contributed by atoms with van der Waals surface area (Å²) < 4.78 is 0. The highest BCUT2D eigenvalue weighted by molar-refractivity contribution is 6.30. The Balaban J connectivity index is 1.38. The average molecular weight is 343 g/mol. The molecular formula is C19H19ClN2O2. The minimum absolute atomic E-state index is 0.00174.